The highest BCUT2D eigenvalue weighted by Crippen LogP contribution is 2.20. The zero-order valence-electron chi connectivity index (χ0n) is 7.29. The van der Waals surface area contributed by atoms with Crippen LogP contribution < -0.4 is 5.32 Å². The van der Waals surface area contributed by atoms with Crippen LogP contribution in [-0.4, -0.2) is 19.0 Å². The van der Waals surface area contributed by atoms with Gasteiger partial charge in [0.05, 0.1) is 0 Å². The molecular weight excluding hydrogens is 148 g/mol. The van der Waals surface area contributed by atoms with Gasteiger partial charge in [-0.25, -0.2) is 8.78 Å². The van der Waals surface area contributed by atoms with Crippen LogP contribution in [0.25, 0.3) is 0 Å². The number of nitrogens with one attached hydrogen (secondary N) is 1. The zero-order valence-corrected chi connectivity index (χ0v) is 7.29. The van der Waals surface area contributed by atoms with E-state index in [0.29, 0.717) is 6.54 Å². The quantitative estimate of drug-likeness (QED) is 0.596. The van der Waals surface area contributed by atoms with Crippen LogP contribution in [0.3, 0.4) is 0 Å². The van der Waals surface area contributed by atoms with Crippen LogP contribution in [0.1, 0.15) is 33.1 Å². The van der Waals surface area contributed by atoms with Crippen LogP contribution in [0.2, 0.25) is 0 Å². The Hall–Kier alpha value is -0.180. The van der Waals surface area contributed by atoms with Crippen molar-refractivity contribution in [1.29, 1.82) is 0 Å². The molecule has 0 heterocycles. The molecule has 0 aliphatic carbocycles. The third-order valence-electron chi connectivity index (χ3n) is 1.61. The number of halogens is 2. The second-order valence-corrected chi connectivity index (χ2v) is 2.71. The molecule has 0 aromatic rings. The van der Waals surface area contributed by atoms with Gasteiger partial charge in [0, 0.05) is 19.4 Å². The van der Waals surface area contributed by atoms with Crippen molar-refractivity contribution >= 4 is 0 Å². The Bertz CT molecular complexity index is 94.1. The van der Waals surface area contributed by atoms with Gasteiger partial charge in [-0.1, -0.05) is 13.8 Å². The molecule has 1 nitrogen and oxygen atoms in total. The minimum Gasteiger partial charge on any atom is -0.317 e. The molecule has 0 fully saturated rings. The first-order valence-corrected chi connectivity index (χ1v) is 4.21. The van der Waals surface area contributed by atoms with Crippen molar-refractivity contribution in [2.45, 2.75) is 39.0 Å². The summed E-state index contributed by atoms with van der Waals surface area (Å²) >= 11 is 0. The third kappa shape index (κ3) is 6.23. The zero-order chi connectivity index (χ0) is 8.74. The Balaban J connectivity index is 3.23. The van der Waals surface area contributed by atoms with Gasteiger partial charge in [-0.2, -0.15) is 0 Å². The summed E-state index contributed by atoms with van der Waals surface area (Å²) in [6.45, 7) is 4.79. The van der Waals surface area contributed by atoms with E-state index in [1.807, 2.05) is 6.92 Å². The van der Waals surface area contributed by atoms with Crippen LogP contribution in [0.15, 0.2) is 0 Å². The molecule has 0 saturated carbocycles. The lowest BCUT2D eigenvalue weighted by Gasteiger charge is -2.13. The molecule has 0 aromatic heterocycles. The molecule has 0 amide bonds. The van der Waals surface area contributed by atoms with E-state index in [9.17, 15) is 8.78 Å². The Kier molecular flexibility index (Phi) is 5.38. The minimum atomic E-state index is -2.47. The first kappa shape index (κ1) is 10.8. The van der Waals surface area contributed by atoms with Crippen LogP contribution in [-0.2, 0) is 0 Å². The lowest BCUT2D eigenvalue weighted by Crippen LogP contribution is -2.24. The SMILES string of the molecule is CCCNCCC(F)(F)CC. The van der Waals surface area contributed by atoms with Crippen LogP contribution in [0, 0.1) is 0 Å². The van der Waals surface area contributed by atoms with E-state index < -0.39 is 5.92 Å². The van der Waals surface area contributed by atoms with E-state index in [1.165, 1.54) is 6.92 Å². The van der Waals surface area contributed by atoms with Crippen LogP contribution >= 0.6 is 0 Å². The Labute approximate surface area is 67.2 Å². The molecule has 68 valence electrons. The summed E-state index contributed by atoms with van der Waals surface area (Å²) in [6, 6.07) is 0. The first-order valence-electron chi connectivity index (χ1n) is 4.21. The summed E-state index contributed by atoms with van der Waals surface area (Å²) in [4.78, 5) is 0. The van der Waals surface area contributed by atoms with Crippen molar-refractivity contribution in [2.75, 3.05) is 13.1 Å². The van der Waals surface area contributed by atoms with Gasteiger partial charge in [0.2, 0.25) is 5.92 Å². The van der Waals surface area contributed by atoms with Crippen molar-refractivity contribution in [3.8, 4) is 0 Å². The second-order valence-electron chi connectivity index (χ2n) is 2.71. The van der Waals surface area contributed by atoms with Gasteiger partial charge in [-0.05, 0) is 13.0 Å². The normalized spacial score (nSPS) is 12.0. The molecule has 0 bridgehead atoms. The summed E-state index contributed by atoms with van der Waals surface area (Å²) < 4.78 is 25.1. The predicted molar refractivity (Wildman–Crippen MR) is 43.0 cm³/mol. The van der Waals surface area contributed by atoms with Crippen molar-refractivity contribution in [3.05, 3.63) is 0 Å². The molecule has 0 aliphatic rings. The molecule has 0 atom stereocenters. The van der Waals surface area contributed by atoms with Crippen LogP contribution in [0.4, 0.5) is 8.78 Å². The lowest BCUT2D eigenvalue weighted by atomic mass is 10.2. The number of rotatable bonds is 6. The fraction of sp³-hybridized carbons (Fsp3) is 1.00. The highest BCUT2D eigenvalue weighted by atomic mass is 19.3. The summed E-state index contributed by atoms with van der Waals surface area (Å²) in [5.74, 6) is -2.47. The standard InChI is InChI=1S/C8H17F2N/c1-3-6-11-7-5-8(9,10)4-2/h11H,3-7H2,1-2H3. The summed E-state index contributed by atoms with van der Waals surface area (Å²) in [6.07, 6.45) is 0.905. The molecule has 0 rings (SSSR count). The van der Waals surface area contributed by atoms with Gasteiger partial charge < -0.3 is 5.32 Å². The van der Waals surface area contributed by atoms with Crippen molar-refractivity contribution in [3.63, 3.8) is 0 Å². The number of hydrogen-bond donors (Lipinski definition) is 1. The maximum absolute atomic E-state index is 12.5. The van der Waals surface area contributed by atoms with Gasteiger partial charge in [0.1, 0.15) is 0 Å². The van der Waals surface area contributed by atoms with E-state index in [2.05, 4.69) is 5.32 Å². The molecule has 0 saturated heterocycles. The van der Waals surface area contributed by atoms with Crippen LogP contribution in [0.5, 0.6) is 0 Å². The molecule has 0 spiro atoms. The molecule has 11 heavy (non-hydrogen) atoms. The van der Waals surface area contributed by atoms with Gasteiger partial charge in [0.25, 0.3) is 0 Å². The Morgan fingerprint density at radius 3 is 2.27 bits per heavy atom. The molecule has 3 heteroatoms. The lowest BCUT2D eigenvalue weighted by molar-refractivity contribution is -0.0107. The highest BCUT2D eigenvalue weighted by molar-refractivity contribution is 4.64. The summed E-state index contributed by atoms with van der Waals surface area (Å²) in [5, 5.41) is 2.95. The van der Waals surface area contributed by atoms with Gasteiger partial charge in [-0.3, -0.25) is 0 Å². The molecule has 0 unspecified atom stereocenters. The van der Waals surface area contributed by atoms with Gasteiger partial charge in [-0.15, -0.1) is 0 Å². The van der Waals surface area contributed by atoms with Crippen molar-refractivity contribution in [2.24, 2.45) is 0 Å². The van der Waals surface area contributed by atoms with E-state index in [0.717, 1.165) is 13.0 Å². The van der Waals surface area contributed by atoms with E-state index in [1.54, 1.807) is 0 Å². The maximum atomic E-state index is 12.5. The smallest absolute Gasteiger partial charge is 0.249 e. The third-order valence-corrected chi connectivity index (χ3v) is 1.61. The average molecular weight is 165 g/mol. The monoisotopic (exact) mass is 165 g/mol. The molecule has 0 aliphatic heterocycles. The van der Waals surface area contributed by atoms with E-state index >= 15 is 0 Å². The summed E-state index contributed by atoms with van der Waals surface area (Å²) in [5.41, 5.74) is 0. The van der Waals surface area contributed by atoms with Crippen molar-refractivity contribution in [1.82, 2.24) is 5.32 Å². The van der Waals surface area contributed by atoms with E-state index in [-0.39, 0.29) is 12.8 Å². The Morgan fingerprint density at radius 1 is 1.18 bits per heavy atom. The molecular formula is C8H17F2N. The first-order chi connectivity index (χ1) is 5.12. The average Bonchev–Trinajstić information content (AvgIpc) is 1.99. The molecule has 1 N–H and O–H groups in total. The van der Waals surface area contributed by atoms with Gasteiger partial charge in [0.15, 0.2) is 0 Å². The van der Waals surface area contributed by atoms with Crippen molar-refractivity contribution < 1.29 is 8.78 Å². The van der Waals surface area contributed by atoms with Gasteiger partial charge >= 0.3 is 0 Å². The molecule has 0 aromatic carbocycles. The fourth-order valence-electron chi connectivity index (χ4n) is 0.750. The number of hydrogen-bond acceptors (Lipinski definition) is 1. The summed E-state index contributed by atoms with van der Waals surface area (Å²) in [7, 11) is 0. The predicted octanol–water partition coefficient (Wildman–Crippen LogP) is 2.42. The second kappa shape index (κ2) is 5.47. The van der Waals surface area contributed by atoms with E-state index in [4.69, 9.17) is 0 Å². The largest absolute Gasteiger partial charge is 0.317 e. The highest BCUT2D eigenvalue weighted by Gasteiger charge is 2.24. The fourth-order valence-corrected chi connectivity index (χ4v) is 0.750. The number of alkyl halides is 2. The maximum Gasteiger partial charge on any atom is 0.249 e. The minimum absolute atomic E-state index is 0.0382. The molecule has 0 radical (unpaired) electrons. The Morgan fingerprint density at radius 2 is 1.82 bits per heavy atom. The topological polar surface area (TPSA) is 12.0 Å².